The molecule has 4 rings (SSSR count). The van der Waals surface area contributed by atoms with Crippen molar-refractivity contribution < 1.29 is 25.9 Å². The van der Waals surface area contributed by atoms with E-state index in [-0.39, 0.29) is 68.9 Å². The van der Waals surface area contributed by atoms with Gasteiger partial charge in [0.1, 0.15) is 0 Å². The molecule has 0 saturated carbocycles. The van der Waals surface area contributed by atoms with E-state index in [1.807, 2.05) is 0 Å². The molecular weight excluding hydrogens is 506 g/mol. The van der Waals surface area contributed by atoms with E-state index in [0.29, 0.717) is 37.5 Å². The molecule has 2 aromatic carbocycles. The summed E-state index contributed by atoms with van der Waals surface area (Å²) in [6.07, 6.45) is 0. The molecule has 0 aliphatic carbocycles. The van der Waals surface area contributed by atoms with Crippen LogP contribution in [0.2, 0.25) is 0 Å². The van der Waals surface area contributed by atoms with E-state index in [9.17, 15) is 16.8 Å². The van der Waals surface area contributed by atoms with Gasteiger partial charge in [-0.3, -0.25) is 9.11 Å². The fraction of sp³-hybridized carbons (Fsp3) is 0.0667. The van der Waals surface area contributed by atoms with E-state index in [4.69, 9.17) is 9.11 Å². The second-order valence-corrected chi connectivity index (χ2v) is 10.9. The van der Waals surface area contributed by atoms with Gasteiger partial charge in [-0.2, -0.15) is 16.8 Å². The van der Waals surface area contributed by atoms with Crippen LogP contribution in [0.25, 0.3) is 22.1 Å². The monoisotopic (exact) mass is 518 g/mol. The fourth-order valence-electron chi connectivity index (χ4n) is 2.52. The van der Waals surface area contributed by atoms with Gasteiger partial charge in [-0.05, 0) is 36.4 Å². The number of nitrogens with one attached hydrogen (secondary N) is 2. The standard InChI is InChI=1S/C15H12N4O6S4.2Na/c20-28(21,22)8-1-3-10-12(5-8)18-14(16-10)26-7-27-15-17-11-4-2-9(29(23,24)25)6-13(11)19-15;;/h1-6H,7H2,(H,16,18)(H,17,19)(H,20,21,22)(H,23,24,25);;. The van der Waals surface area contributed by atoms with E-state index in [1.165, 1.54) is 59.9 Å². The van der Waals surface area contributed by atoms with Crippen molar-refractivity contribution in [2.75, 3.05) is 5.08 Å². The Balaban J connectivity index is 0.00000171. The van der Waals surface area contributed by atoms with Crippen LogP contribution in [0.15, 0.2) is 56.5 Å². The number of hydrogen-bond donors (Lipinski definition) is 4. The summed E-state index contributed by atoms with van der Waals surface area (Å²) in [5.74, 6) is 0. The van der Waals surface area contributed by atoms with E-state index in [2.05, 4.69) is 19.9 Å². The number of hydrogen-bond acceptors (Lipinski definition) is 8. The predicted molar refractivity (Wildman–Crippen MR) is 120 cm³/mol. The number of imidazole rings is 2. The van der Waals surface area contributed by atoms with Crippen molar-refractivity contribution in [1.29, 1.82) is 0 Å². The molecule has 2 aromatic heterocycles. The molecule has 0 amide bonds. The number of rotatable bonds is 6. The average Bonchev–Trinajstić information content (AvgIpc) is 3.21. The summed E-state index contributed by atoms with van der Waals surface area (Å²) in [5, 5.41) is 1.63. The van der Waals surface area contributed by atoms with Gasteiger partial charge in [0.05, 0.1) is 36.9 Å². The Kier molecular flexibility index (Phi) is 9.15. The van der Waals surface area contributed by atoms with Crippen molar-refractivity contribution in [3.8, 4) is 0 Å². The van der Waals surface area contributed by atoms with Crippen molar-refractivity contribution in [2.45, 2.75) is 20.1 Å². The summed E-state index contributed by atoms with van der Waals surface area (Å²) in [6, 6.07) is 8.18. The second-order valence-electron chi connectivity index (χ2n) is 5.80. The first-order valence-corrected chi connectivity index (χ1v) is 12.6. The van der Waals surface area contributed by atoms with Gasteiger partial charge >= 0.3 is 0 Å². The number of H-pyrrole nitrogens is 2. The first kappa shape index (κ1) is 27.1. The maximum Gasteiger partial charge on any atom is 0.294 e. The Morgan fingerprint density at radius 2 is 1.13 bits per heavy atom. The maximum absolute atomic E-state index is 11.2. The Morgan fingerprint density at radius 3 is 1.48 bits per heavy atom. The molecule has 31 heavy (non-hydrogen) atoms. The van der Waals surface area contributed by atoms with Crippen LogP contribution < -0.4 is 0 Å². The third-order valence-electron chi connectivity index (χ3n) is 3.85. The number of aromatic nitrogens is 4. The molecule has 0 aliphatic rings. The molecule has 4 aromatic rings. The van der Waals surface area contributed by atoms with E-state index >= 15 is 0 Å². The quantitative estimate of drug-likeness (QED) is 0.128. The van der Waals surface area contributed by atoms with Gasteiger partial charge in [-0.15, -0.1) is 0 Å². The summed E-state index contributed by atoms with van der Waals surface area (Å²) < 4.78 is 63.1. The molecule has 0 fully saturated rings. The minimum Gasteiger partial charge on any atom is -0.333 e. The summed E-state index contributed by atoms with van der Waals surface area (Å²) in [5.41, 5.74) is 2.08. The van der Waals surface area contributed by atoms with Crippen molar-refractivity contribution in [3.05, 3.63) is 36.4 Å². The van der Waals surface area contributed by atoms with Gasteiger partial charge < -0.3 is 9.97 Å². The van der Waals surface area contributed by atoms with Gasteiger partial charge in [0, 0.05) is 59.1 Å². The molecule has 2 radical (unpaired) electrons. The number of aromatic amines is 2. The Labute approximate surface area is 229 Å². The first-order chi connectivity index (χ1) is 13.6. The van der Waals surface area contributed by atoms with Gasteiger partial charge in [0.25, 0.3) is 20.2 Å². The maximum atomic E-state index is 11.2. The van der Waals surface area contributed by atoms with Crippen LogP contribution in [-0.2, 0) is 20.2 Å². The summed E-state index contributed by atoms with van der Waals surface area (Å²) >= 11 is 2.72. The number of fused-ring (bicyclic) bond motifs is 2. The zero-order valence-corrected chi connectivity index (χ0v) is 23.5. The van der Waals surface area contributed by atoms with Crippen LogP contribution in [-0.4, -0.2) is 110 Å². The molecule has 0 bridgehead atoms. The van der Waals surface area contributed by atoms with E-state index in [0.717, 1.165) is 0 Å². The molecule has 0 unspecified atom stereocenters. The zero-order valence-electron chi connectivity index (χ0n) is 16.2. The summed E-state index contributed by atoms with van der Waals surface area (Å²) in [7, 11) is -8.59. The average molecular weight is 519 g/mol. The Hall–Kier alpha value is -0.1000. The van der Waals surface area contributed by atoms with Gasteiger partial charge in [0.15, 0.2) is 10.3 Å². The largest absolute Gasteiger partial charge is 0.333 e. The molecule has 16 heteroatoms. The van der Waals surface area contributed by atoms with Crippen LogP contribution >= 0.6 is 23.5 Å². The SMILES string of the molecule is O=S(=O)(O)c1ccc2[nH]c(SCSc3nc4cc(S(=O)(=O)O)ccc4[nH]3)nc2c1.[Na].[Na]. The van der Waals surface area contributed by atoms with Crippen LogP contribution in [0.1, 0.15) is 0 Å². The summed E-state index contributed by atoms with van der Waals surface area (Å²) in [6.45, 7) is 0. The molecule has 0 spiro atoms. The molecule has 0 atom stereocenters. The second kappa shape index (κ2) is 10.4. The van der Waals surface area contributed by atoms with Gasteiger partial charge in [-0.1, -0.05) is 23.5 Å². The number of nitrogens with zero attached hydrogens (tertiary/aromatic N) is 2. The van der Waals surface area contributed by atoms with Crippen molar-refractivity contribution >= 4 is 125 Å². The molecular formula is C15H12N4Na2O6S4. The molecule has 0 saturated heterocycles. The van der Waals surface area contributed by atoms with Crippen LogP contribution in [0.3, 0.4) is 0 Å². The first-order valence-electron chi connectivity index (χ1n) is 7.80. The number of benzene rings is 2. The van der Waals surface area contributed by atoms with Crippen molar-refractivity contribution in [3.63, 3.8) is 0 Å². The fourth-order valence-corrected chi connectivity index (χ4v) is 5.34. The Morgan fingerprint density at radius 1 is 0.742 bits per heavy atom. The van der Waals surface area contributed by atoms with Gasteiger partial charge in [0.2, 0.25) is 0 Å². The van der Waals surface area contributed by atoms with Gasteiger partial charge in [-0.25, -0.2) is 9.97 Å². The minimum absolute atomic E-state index is 0. The molecule has 154 valence electrons. The third kappa shape index (κ3) is 6.49. The zero-order chi connectivity index (χ0) is 20.8. The van der Waals surface area contributed by atoms with E-state index < -0.39 is 20.2 Å². The van der Waals surface area contributed by atoms with Crippen molar-refractivity contribution in [1.82, 2.24) is 19.9 Å². The van der Waals surface area contributed by atoms with Crippen LogP contribution in [0.5, 0.6) is 0 Å². The molecule has 2 heterocycles. The molecule has 10 nitrogen and oxygen atoms in total. The Bertz CT molecular complexity index is 1340. The topological polar surface area (TPSA) is 166 Å². The van der Waals surface area contributed by atoms with Crippen molar-refractivity contribution in [2.24, 2.45) is 0 Å². The normalized spacial score (nSPS) is 11.9. The smallest absolute Gasteiger partial charge is 0.294 e. The predicted octanol–water partition coefficient (Wildman–Crippen LogP) is 2.01. The minimum atomic E-state index is -4.29. The molecule has 0 aliphatic heterocycles. The van der Waals surface area contributed by atoms with E-state index in [1.54, 1.807) is 0 Å². The van der Waals surface area contributed by atoms with Crippen LogP contribution in [0, 0.1) is 0 Å². The third-order valence-corrected chi connectivity index (χ3v) is 7.43. The molecule has 4 N–H and O–H groups in total. The number of thioether (sulfide) groups is 2. The summed E-state index contributed by atoms with van der Waals surface area (Å²) in [4.78, 5) is 14.2. The van der Waals surface area contributed by atoms with Crippen LogP contribution in [0.4, 0.5) is 0 Å².